The van der Waals surface area contributed by atoms with Crippen LogP contribution in [0.25, 0.3) is 0 Å². The molecule has 0 amide bonds. The summed E-state index contributed by atoms with van der Waals surface area (Å²) < 4.78 is 39.4. The van der Waals surface area contributed by atoms with E-state index in [0.29, 0.717) is 26.2 Å². The SMILES string of the molecule is Cc1ccccc1OCCN(C)S(=O)(=O)N1C[C@@H](C)O[C@H](C)C1. The van der Waals surface area contributed by atoms with Gasteiger partial charge in [-0.3, -0.25) is 0 Å². The van der Waals surface area contributed by atoms with Crippen LogP contribution < -0.4 is 4.74 Å². The number of hydrogen-bond acceptors (Lipinski definition) is 4. The Morgan fingerprint density at radius 1 is 1.26 bits per heavy atom. The van der Waals surface area contributed by atoms with Crippen molar-refractivity contribution in [2.45, 2.75) is 33.0 Å². The van der Waals surface area contributed by atoms with Crippen LogP contribution >= 0.6 is 0 Å². The van der Waals surface area contributed by atoms with Crippen LogP contribution in [0.5, 0.6) is 5.75 Å². The number of aryl methyl sites for hydroxylation is 1. The standard InChI is InChI=1S/C16H26N2O4S/c1-13-7-5-6-8-16(13)21-10-9-17(4)23(19,20)18-11-14(2)22-15(3)12-18/h5-8,14-15H,9-12H2,1-4H3/t14-,15-/m1/s1. The topological polar surface area (TPSA) is 59.1 Å². The maximum absolute atomic E-state index is 12.6. The van der Waals surface area contributed by atoms with Crippen molar-refractivity contribution in [1.82, 2.24) is 8.61 Å². The van der Waals surface area contributed by atoms with Gasteiger partial charge in [0, 0.05) is 26.7 Å². The second kappa shape index (κ2) is 7.61. The van der Waals surface area contributed by atoms with Gasteiger partial charge in [-0.15, -0.1) is 0 Å². The molecule has 23 heavy (non-hydrogen) atoms. The van der Waals surface area contributed by atoms with Gasteiger partial charge in [-0.05, 0) is 32.4 Å². The summed E-state index contributed by atoms with van der Waals surface area (Å²) in [4.78, 5) is 0. The van der Waals surface area contributed by atoms with E-state index in [1.807, 2.05) is 45.0 Å². The van der Waals surface area contributed by atoms with Crippen LogP contribution in [-0.4, -0.2) is 62.5 Å². The molecule has 0 spiro atoms. The lowest BCUT2D eigenvalue weighted by molar-refractivity contribution is -0.0453. The van der Waals surface area contributed by atoms with Gasteiger partial charge in [0.15, 0.2) is 0 Å². The molecule has 6 nitrogen and oxygen atoms in total. The first-order valence-electron chi connectivity index (χ1n) is 7.86. The van der Waals surface area contributed by atoms with E-state index in [2.05, 4.69) is 0 Å². The lowest BCUT2D eigenvalue weighted by atomic mass is 10.2. The molecule has 0 saturated carbocycles. The van der Waals surface area contributed by atoms with Crippen molar-refractivity contribution >= 4 is 10.2 Å². The normalized spacial score (nSPS) is 23.2. The number of para-hydroxylation sites is 1. The van der Waals surface area contributed by atoms with Crippen LogP contribution in [0.3, 0.4) is 0 Å². The first-order chi connectivity index (χ1) is 10.8. The lowest BCUT2D eigenvalue weighted by Crippen LogP contribution is -2.52. The number of likely N-dealkylation sites (N-methyl/N-ethyl adjacent to an activating group) is 1. The van der Waals surface area contributed by atoms with Crippen molar-refractivity contribution in [3.8, 4) is 5.75 Å². The summed E-state index contributed by atoms with van der Waals surface area (Å²) in [5.74, 6) is 0.784. The molecule has 7 heteroatoms. The van der Waals surface area contributed by atoms with E-state index in [4.69, 9.17) is 9.47 Å². The second-order valence-electron chi connectivity index (χ2n) is 6.02. The van der Waals surface area contributed by atoms with Gasteiger partial charge >= 0.3 is 0 Å². The van der Waals surface area contributed by atoms with Gasteiger partial charge in [0.05, 0.1) is 12.2 Å². The zero-order valence-corrected chi connectivity index (χ0v) is 15.0. The highest BCUT2D eigenvalue weighted by atomic mass is 32.2. The molecule has 1 aliphatic heterocycles. The first-order valence-corrected chi connectivity index (χ1v) is 9.25. The fourth-order valence-corrected chi connectivity index (χ4v) is 4.13. The molecule has 0 aliphatic carbocycles. The van der Waals surface area contributed by atoms with Gasteiger partial charge in [-0.25, -0.2) is 0 Å². The zero-order valence-electron chi connectivity index (χ0n) is 14.2. The molecule has 2 atom stereocenters. The van der Waals surface area contributed by atoms with E-state index >= 15 is 0 Å². The molecule has 0 bridgehead atoms. The Balaban J connectivity index is 1.91. The maximum Gasteiger partial charge on any atom is 0.282 e. The molecule has 1 aliphatic rings. The molecule has 1 heterocycles. The minimum Gasteiger partial charge on any atom is -0.492 e. The summed E-state index contributed by atoms with van der Waals surface area (Å²) in [5.41, 5.74) is 1.04. The van der Waals surface area contributed by atoms with E-state index in [0.717, 1.165) is 11.3 Å². The van der Waals surface area contributed by atoms with Gasteiger partial charge in [0.2, 0.25) is 0 Å². The summed E-state index contributed by atoms with van der Waals surface area (Å²) in [6.45, 7) is 7.13. The van der Waals surface area contributed by atoms with Crippen molar-refractivity contribution in [3.05, 3.63) is 29.8 Å². The van der Waals surface area contributed by atoms with E-state index in [1.54, 1.807) is 7.05 Å². The van der Waals surface area contributed by atoms with E-state index in [1.165, 1.54) is 8.61 Å². The van der Waals surface area contributed by atoms with Crippen molar-refractivity contribution < 1.29 is 17.9 Å². The van der Waals surface area contributed by atoms with Gasteiger partial charge in [0.1, 0.15) is 12.4 Å². The fourth-order valence-electron chi connectivity index (χ4n) is 2.63. The largest absolute Gasteiger partial charge is 0.492 e. The molecule has 0 N–H and O–H groups in total. The number of nitrogens with zero attached hydrogens (tertiary/aromatic N) is 2. The third-order valence-corrected chi connectivity index (χ3v) is 5.78. The summed E-state index contributed by atoms with van der Waals surface area (Å²) in [6, 6.07) is 7.69. The molecule has 1 saturated heterocycles. The molecule has 1 aromatic rings. The molecular formula is C16H26N2O4S. The Labute approximate surface area is 139 Å². The summed E-state index contributed by atoms with van der Waals surface area (Å²) >= 11 is 0. The van der Waals surface area contributed by atoms with Crippen molar-refractivity contribution in [2.24, 2.45) is 0 Å². The van der Waals surface area contributed by atoms with Crippen molar-refractivity contribution in [3.63, 3.8) is 0 Å². The zero-order chi connectivity index (χ0) is 17.0. The predicted octanol–water partition coefficient (Wildman–Crippen LogP) is 1.66. The third-order valence-electron chi connectivity index (χ3n) is 3.86. The minimum absolute atomic E-state index is 0.0925. The lowest BCUT2D eigenvalue weighted by Gasteiger charge is -2.36. The maximum atomic E-state index is 12.6. The quantitative estimate of drug-likeness (QED) is 0.789. The van der Waals surface area contributed by atoms with Crippen LogP contribution in [0, 0.1) is 6.92 Å². The second-order valence-corrected chi connectivity index (χ2v) is 8.05. The van der Waals surface area contributed by atoms with Crippen molar-refractivity contribution in [1.29, 1.82) is 0 Å². The highest BCUT2D eigenvalue weighted by Gasteiger charge is 2.33. The van der Waals surface area contributed by atoms with E-state index < -0.39 is 10.2 Å². The Bertz CT molecular complexity index is 610. The minimum atomic E-state index is -3.49. The van der Waals surface area contributed by atoms with Gasteiger partial charge in [-0.1, -0.05) is 18.2 Å². The summed E-state index contributed by atoms with van der Waals surface area (Å²) in [6.07, 6.45) is -0.185. The molecule has 130 valence electrons. The number of benzene rings is 1. The molecule has 2 rings (SSSR count). The highest BCUT2D eigenvalue weighted by Crippen LogP contribution is 2.18. The molecular weight excluding hydrogens is 316 g/mol. The van der Waals surface area contributed by atoms with Gasteiger partial charge < -0.3 is 9.47 Å². The molecule has 0 unspecified atom stereocenters. The van der Waals surface area contributed by atoms with Gasteiger partial charge in [0.25, 0.3) is 10.2 Å². The Hall–Kier alpha value is -1.15. The molecule has 1 aromatic carbocycles. The number of hydrogen-bond donors (Lipinski definition) is 0. The van der Waals surface area contributed by atoms with Gasteiger partial charge in [-0.2, -0.15) is 17.0 Å². The van der Waals surface area contributed by atoms with Crippen LogP contribution in [0.15, 0.2) is 24.3 Å². The fraction of sp³-hybridized carbons (Fsp3) is 0.625. The molecule has 0 radical (unpaired) electrons. The van der Waals surface area contributed by atoms with Crippen LogP contribution in [0.4, 0.5) is 0 Å². The molecule has 1 fully saturated rings. The highest BCUT2D eigenvalue weighted by molar-refractivity contribution is 7.86. The summed E-state index contributed by atoms with van der Waals surface area (Å²) in [5, 5.41) is 0. The number of morpholine rings is 1. The Morgan fingerprint density at radius 3 is 2.48 bits per heavy atom. The van der Waals surface area contributed by atoms with Crippen LogP contribution in [0.1, 0.15) is 19.4 Å². The number of ether oxygens (including phenoxy) is 2. The monoisotopic (exact) mass is 342 g/mol. The van der Waals surface area contributed by atoms with E-state index in [-0.39, 0.29) is 12.2 Å². The van der Waals surface area contributed by atoms with E-state index in [9.17, 15) is 8.42 Å². The third kappa shape index (κ3) is 4.67. The average Bonchev–Trinajstić information content (AvgIpc) is 2.48. The first kappa shape index (κ1) is 18.2. The molecule has 0 aromatic heterocycles. The average molecular weight is 342 g/mol. The smallest absolute Gasteiger partial charge is 0.282 e. The summed E-state index contributed by atoms with van der Waals surface area (Å²) in [7, 11) is -1.90. The predicted molar refractivity (Wildman–Crippen MR) is 89.8 cm³/mol. The van der Waals surface area contributed by atoms with Crippen LogP contribution in [-0.2, 0) is 14.9 Å². The Morgan fingerprint density at radius 2 is 1.87 bits per heavy atom. The van der Waals surface area contributed by atoms with Crippen LogP contribution in [0.2, 0.25) is 0 Å². The number of rotatable bonds is 6. The van der Waals surface area contributed by atoms with Crippen molar-refractivity contribution in [2.75, 3.05) is 33.3 Å². The Kier molecular flexibility index (Phi) is 6.02.